The number of urea groups is 1. The van der Waals surface area contributed by atoms with Crippen LogP contribution in [0.1, 0.15) is 36.8 Å². The Balaban J connectivity index is 1.47. The molecule has 2 saturated heterocycles. The second-order valence-corrected chi connectivity index (χ2v) is 9.21. The van der Waals surface area contributed by atoms with Gasteiger partial charge in [-0.15, -0.1) is 0 Å². The molecule has 1 spiro atoms. The van der Waals surface area contributed by atoms with E-state index in [-0.39, 0.29) is 18.5 Å². The number of piperidine rings is 1. The quantitative estimate of drug-likeness (QED) is 0.522. The summed E-state index contributed by atoms with van der Waals surface area (Å²) in [7, 11) is 0. The number of benzene rings is 2. The fraction of sp³-hybridized carbons (Fsp3) is 0.346. The summed E-state index contributed by atoms with van der Waals surface area (Å²) in [5, 5.41) is 3.96. The van der Waals surface area contributed by atoms with Crippen LogP contribution in [0.25, 0.3) is 0 Å². The van der Waals surface area contributed by atoms with Crippen LogP contribution in [0.15, 0.2) is 65.2 Å². The van der Waals surface area contributed by atoms with Gasteiger partial charge < -0.3 is 4.52 Å². The number of anilines is 1. The largest absolute Gasteiger partial charge is 0.361 e. The lowest BCUT2D eigenvalue weighted by atomic mass is 9.81. The summed E-state index contributed by atoms with van der Waals surface area (Å²) in [4.78, 5) is 32.6. The van der Waals surface area contributed by atoms with Gasteiger partial charge in [0.05, 0.1) is 6.54 Å². The topological polar surface area (TPSA) is 69.9 Å². The van der Waals surface area contributed by atoms with E-state index in [2.05, 4.69) is 29.1 Å². The average Bonchev–Trinajstić information content (AvgIpc) is 3.31. The maximum absolute atomic E-state index is 14.2. The zero-order valence-corrected chi connectivity index (χ0v) is 19.3. The molecule has 0 aliphatic carbocycles. The summed E-state index contributed by atoms with van der Waals surface area (Å²) < 4.78 is 19.3. The molecular formula is C26H27FN4O3. The smallest absolute Gasteiger partial charge is 0.332 e. The van der Waals surface area contributed by atoms with E-state index >= 15 is 0 Å². The molecule has 34 heavy (non-hydrogen) atoms. The summed E-state index contributed by atoms with van der Waals surface area (Å²) in [6.07, 6.45) is 0.912. The lowest BCUT2D eigenvalue weighted by molar-refractivity contribution is -0.133. The third kappa shape index (κ3) is 3.88. The van der Waals surface area contributed by atoms with Gasteiger partial charge in [-0.2, -0.15) is 0 Å². The van der Waals surface area contributed by atoms with Gasteiger partial charge in [0.2, 0.25) is 0 Å². The Labute approximate surface area is 197 Å². The van der Waals surface area contributed by atoms with Gasteiger partial charge in [-0.3, -0.25) is 19.5 Å². The van der Waals surface area contributed by atoms with Gasteiger partial charge >= 0.3 is 6.03 Å². The third-order valence-electron chi connectivity index (χ3n) is 6.85. The molecule has 5 rings (SSSR count). The molecule has 8 heteroatoms. The predicted octanol–water partition coefficient (Wildman–Crippen LogP) is 4.51. The number of halogens is 1. The number of rotatable bonds is 5. The summed E-state index contributed by atoms with van der Waals surface area (Å²) in [6.45, 7) is 5.26. The number of likely N-dealkylation sites (tertiary alicyclic amines) is 1. The number of carbonyl (C=O) groups is 2. The lowest BCUT2D eigenvalue weighted by Gasteiger charge is -2.45. The maximum Gasteiger partial charge on any atom is 0.332 e. The van der Waals surface area contributed by atoms with E-state index in [9.17, 15) is 14.0 Å². The zero-order valence-electron chi connectivity index (χ0n) is 19.3. The number of carbonyl (C=O) groups excluding carboxylic acids is 2. The second kappa shape index (κ2) is 8.68. The van der Waals surface area contributed by atoms with E-state index in [0.29, 0.717) is 36.5 Å². The number of imide groups is 1. The van der Waals surface area contributed by atoms with Crippen LogP contribution < -0.4 is 4.90 Å². The molecule has 3 aromatic rings. The fourth-order valence-electron chi connectivity index (χ4n) is 5.22. The van der Waals surface area contributed by atoms with Gasteiger partial charge in [0.25, 0.3) is 5.91 Å². The van der Waals surface area contributed by atoms with Crippen molar-refractivity contribution in [2.45, 2.75) is 51.4 Å². The highest BCUT2D eigenvalue weighted by atomic mass is 19.1. The summed E-state index contributed by atoms with van der Waals surface area (Å²) >= 11 is 0. The molecule has 1 aromatic heterocycles. The van der Waals surface area contributed by atoms with E-state index in [1.807, 2.05) is 18.2 Å². The Morgan fingerprint density at radius 3 is 2.56 bits per heavy atom. The molecule has 0 bridgehead atoms. The minimum absolute atomic E-state index is 0.0185. The first-order chi connectivity index (χ1) is 16.4. The molecule has 3 heterocycles. The summed E-state index contributed by atoms with van der Waals surface area (Å²) in [6, 6.07) is 17.4. The molecule has 2 aromatic carbocycles. The van der Waals surface area contributed by atoms with Crippen molar-refractivity contribution in [3.8, 4) is 0 Å². The highest BCUT2D eigenvalue weighted by Crippen LogP contribution is 2.43. The van der Waals surface area contributed by atoms with Crippen molar-refractivity contribution in [2.24, 2.45) is 0 Å². The first kappa shape index (κ1) is 22.3. The normalized spacial score (nSPS) is 23.3. The molecule has 3 amide bonds. The van der Waals surface area contributed by atoms with E-state index in [4.69, 9.17) is 4.52 Å². The number of nitrogens with zero attached hydrogens (tertiary/aromatic N) is 4. The Morgan fingerprint density at radius 1 is 1.09 bits per heavy atom. The van der Waals surface area contributed by atoms with Gasteiger partial charge in [-0.1, -0.05) is 41.6 Å². The molecule has 7 nitrogen and oxygen atoms in total. The molecule has 0 N–H and O–H groups in total. The van der Waals surface area contributed by atoms with Crippen molar-refractivity contribution < 1.29 is 18.5 Å². The Kier molecular flexibility index (Phi) is 5.69. The first-order valence-electron chi connectivity index (χ1n) is 11.5. The number of hydrogen-bond acceptors (Lipinski definition) is 5. The molecule has 2 aliphatic rings. The molecule has 2 atom stereocenters. The Bertz CT molecular complexity index is 1210. The number of aryl methyl sites for hydroxylation is 1. The van der Waals surface area contributed by atoms with Crippen LogP contribution in [0.4, 0.5) is 14.9 Å². The number of amides is 3. The van der Waals surface area contributed by atoms with Crippen LogP contribution in [-0.4, -0.2) is 45.0 Å². The van der Waals surface area contributed by atoms with Crippen LogP contribution in [0.3, 0.4) is 0 Å². The number of aromatic nitrogens is 1. The monoisotopic (exact) mass is 462 g/mol. The Morgan fingerprint density at radius 2 is 1.88 bits per heavy atom. The standard InChI is InChI=1S/C26H27FN4O3/c1-18-15-26(11-12-29(18)16-20-7-4-3-5-8-20)24(32)30(17-22-13-19(2)34-28-22)25(33)31(26)23-10-6-9-21(27)14-23/h3-10,13-14,18H,11-12,15-17H2,1-2H3/t18-,26?/m0/s1. The number of hydrogen-bond donors (Lipinski definition) is 0. The zero-order chi connectivity index (χ0) is 23.9. The lowest BCUT2D eigenvalue weighted by Crippen LogP contribution is -2.59. The van der Waals surface area contributed by atoms with Crippen molar-refractivity contribution in [3.05, 3.63) is 83.5 Å². The van der Waals surface area contributed by atoms with Crippen molar-refractivity contribution in [2.75, 3.05) is 11.4 Å². The van der Waals surface area contributed by atoms with Gasteiger partial charge in [0.15, 0.2) is 0 Å². The molecule has 176 valence electrons. The van der Waals surface area contributed by atoms with Crippen LogP contribution >= 0.6 is 0 Å². The fourth-order valence-corrected chi connectivity index (χ4v) is 5.22. The SMILES string of the molecule is Cc1cc(CN2C(=O)N(c3cccc(F)c3)C3(CCN(Cc4ccccc4)[C@@H](C)C3)C2=O)no1. The van der Waals surface area contributed by atoms with Crippen molar-refractivity contribution in [1.82, 2.24) is 15.0 Å². The highest BCUT2D eigenvalue weighted by molar-refractivity contribution is 6.16. The Hall–Kier alpha value is -3.52. The molecule has 0 radical (unpaired) electrons. The van der Waals surface area contributed by atoms with Gasteiger partial charge in [0, 0.05) is 30.9 Å². The van der Waals surface area contributed by atoms with E-state index in [1.54, 1.807) is 25.1 Å². The van der Waals surface area contributed by atoms with Crippen molar-refractivity contribution >= 4 is 17.6 Å². The summed E-state index contributed by atoms with van der Waals surface area (Å²) in [5.74, 6) is -0.115. The maximum atomic E-state index is 14.2. The van der Waals surface area contributed by atoms with Crippen LogP contribution in [0.5, 0.6) is 0 Å². The highest BCUT2D eigenvalue weighted by Gasteiger charge is 2.59. The molecule has 2 fully saturated rings. The van der Waals surface area contributed by atoms with Gasteiger partial charge in [-0.05, 0) is 50.5 Å². The molecule has 0 saturated carbocycles. The van der Waals surface area contributed by atoms with Gasteiger partial charge in [-0.25, -0.2) is 9.18 Å². The van der Waals surface area contributed by atoms with E-state index < -0.39 is 17.4 Å². The molecular weight excluding hydrogens is 435 g/mol. The van der Waals surface area contributed by atoms with E-state index in [0.717, 1.165) is 6.54 Å². The predicted molar refractivity (Wildman–Crippen MR) is 124 cm³/mol. The molecule has 2 aliphatic heterocycles. The second-order valence-electron chi connectivity index (χ2n) is 9.21. The van der Waals surface area contributed by atoms with E-state index in [1.165, 1.54) is 27.5 Å². The van der Waals surface area contributed by atoms with Crippen LogP contribution in [-0.2, 0) is 17.9 Å². The van der Waals surface area contributed by atoms with Crippen LogP contribution in [0.2, 0.25) is 0 Å². The van der Waals surface area contributed by atoms with Crippen molar-refractivity contribution in [1.29, 1.82) is 0 Å². The van der Waals surface area contributed by atoms with Gasteiger partial charge in [0.1, 0.15) is 22.8 Å². The summed E-state index contributed by atoms with van der Waals surface area (Å²) in [5.41, 5.74) is 1.02. The molecule has 1 unspecified atom stereocenters. The van der Waals surface area contributed by atoms with Crippen molar-refractivity contribution in [3.63, 3.8) is 0 Å². The minimum Gasteiger partial charge on any atom is -0.361 e. The van der Waals surface area contributed by atoms with Crippen LogP contribution in [0, 0.1) is 12.7 Å². The minimum atomic E-state index is -1.07. The average molecular weight is 463 g/mol. The third-order valence-corrected chi connectivity index (χ3v) is 6.85. The first-order valence-corrected chi connectivity index (χ1v) is 11.5.